The van der Waals surface area contributed by atoms with E-state index in [-0.39, 0.29) is 5.56 Å². The highest BCUT2D eigenvalue weighted by Crippen LogP contribution is 2.29. The average molecular weight is 389 g/mol. The second-order valence-corrected chi connectivity index (χ2v) is 6.47. The SMILES string of the molecule is CCOc1cc(C=Nc2ccccc2C)ccc1OCc1ccc(C(=O)O)cc1. The van der Waals surface area contributed by atoms with E-state index in [2.05, 4.69) is 4.99 Å². The van der Waals surface area contributed by atoms with Gasteiger partial charge in [-0.15, -0.1) is 0 Å². The molecule has 5 nitrogen and oxygen atoms in total. The number of aromatic carboxylic acids is 1. The Balaban J connectivity index is 1.73. The number of carboxylic acids is 1. The third-order valence-electron chi connectivity index (χ3n) is 4.33. The lowest BCUT2D eigenvalue weighted by atomic mass is 10.1. The number of carboxylic acid groups (broad SMARTS) is 1. The van der Waals surface area contributed by atoms with Crippen LogP contribution >= 0.6 is 0 Å². The maximum Gasteiger partial charge on any atom is 0.335 e. The lowest BCUT2D eigenvalue weighted by molar-refractivity contribution is 0.0697. The standard InChI is InChI=1S/C24H23NO4/c1-3-28-23-14-19(15-25-21-7-5-4-6-17(21)2)10-13-22(23)29-16-18-8-11-20(12-9-18)24(26)27/h4-15H,3,16H2,1-2H3,(H,26,27). The molecule has 3 rings (SSSR count). The zero-order valence-electron chi connectivity index (χ0n) is 16.5. The van der Waals surface area contributed by atoms with Gasteiger partial charge in [0.05, 0.1) is 17.9 Å². The maximum absolute atomic E-state index is 10.9. The fourth-order valence-electron chi connectivity index (χ4n) is 2.75. The Kier molecular flexibility index (Phi) is 6.63. The first-order chi connectivity index (χ1) is 14.1. The lowest BCUT2D eigenvalue weighted by Gasteiger charge is -2.13. The molecule has 29 heavy (non-hydrogen) atoms. The summed E-state index contributed by atoms with van der Waals surface area (Å²) in [5.41, 5.74) is 4.08. The molecule has 3 aromatic carbocycles. The summed E-state index contributed by atoms with van der Waals surface area (Å²) in [6, 6.07) is 20.2. The van der Waals surface area contributed by atoms with E-state index in [0.29, 0.717) is 24.7 Å². The molecule has 0 fully saturated rings. The molecule has 0 amide bonds. The molecule has 3 aromatic rings. The van der Waals surface area contributed by atoms with Crippen LogP contribution in [0.4, 0.5) is 5.69 Å². The van der Waals surface area contributed by atoms with E-state index in [0.717, 1.165) is 22.4 Å². The van der Waals surface area contributed by atoms with Crippen molar-refractivity contribution in [1.29, 1.82) is 0 Å². The number of carbonyl (C=O) groups is 1. The summed E-state index contributed by atoms with van der Waals surface area (Å²) >= 11 is 0. The zero-order chi connectivity index (χ0) is 20.6. The van der Waals surface area contributed by atoms with E-state index >= 15 is 0 Å². The molecule has 0 aliphatic heterocycles. The van der Waals surface area contributed by atoms with Gasteiger partial charge >= 0.3 is 5.97 Å². The fourth-order valence-corrected chi connectivity index (χ4v) is 2.75. The monoisotopic (exact) mass is 389 g/mol. The predicted molar refractivity (Wildman–Crippen MR) is 114 cm³/mol. The van der Waals surface area contributed by atoms with Gasteiger partial charge in [0.1, 0.15) is 6.61 Å². The van der Waals surface area contributed by atoms with Gasteiger partial charge in [-0.2, -0.15) is 0 Å². The van der Waals surface area contributed by atoms with Crippen LogP contribution in [-0.2, 0) is 6.61 Å². The number of nitrogens with zero attached hydrogens (tertiary/aromatic N) is 1. The van der Waals surface area contributed by atoms with Gasteiger partial charge in [0.25, 0.3) is 0 Å². The third kappa shape index (κ3) is 5.45. The minimum absolute atomic E-state index is 0.251. The van der Waals surface area contributed by atoms with Gasteiger partial charge in [0.2, 0.25) is 0 Å². The predicted octanol–water partition coefficient (Wildman–Crippen LogP) is 5.42. The Bertz CT molecular complexity index is 1010. The molecule has 148 valence electrons. The van der Waals surface area contributed by atoms with Gasteiger partial charge in [-0.25, -0.2) is 4.79 Å². The Morgan fingerprint density at radius 1 is 1.00 bits per heavy atom. The highest BCUT2D eigenvalue weighted by molar-refractivity contribution is 5.87. The minimum atomic E-state index is -0.945. The highest BCUT2D eigenvalue weighted by atomic mass is 16.5. The van der Waals surface area contributed by atoms with Gasteiger partial charge in [-0.1, -0.05) is 30.3 Å². The van der Waals surface area contributed by atoms with E-state index < -0.39 is 5.97 Å². The molecule has 0 saturated carbocycles. The van der Waals surface area contributed by atoms with Crippen LogP contribution in [0.15, 0.2) is 71.7 Å². The number of aryl methyl sites for hydroxylation is 1. The molecule has 1 N–H and O–H groups in total. The van der Waals surface area contributed by atoms with Crippen molar-refractivity contribution in [1.82, 2.24) is 0 Å². The van der Waals surface area contributed by atoms with Crippen LogP contribution in [0.5, 0.6) is 11.5 Å². The fraction of sp³-hybridized carbons (Fsp3) is 0.167. The minimum Gasteiger partial charge on any atom is -0.490 e. The van der Waals surface area contributed by atoms with Crippen molar-refractivity contribution in [3.05, 3.63) is 89.0 Å². The first kappa shape index (κ1) is 20.1. The largest absolute Gasteiger partial charge is 0.490 e. The molecule has 0 saturated heterocycles. The number of hydrogen-bond donors (Lipinski definition) is 1. The topological polar surface area (TPSA) is 68.1 Å². The first-order valence-electron chi connectivity index (χ1n) is 9.38. The molecule has 0 unspecified atom stereocenters. The summed E-state index contributed by atoms with van der Waals surface area (Å²) in [4.78, 5) is 15.5. The van der Waals surface area contributed by atoms with E-state index in [1.54, 1.807) is 30.5 Å². The third-order valence-corrected chi connectivity index (χ3v) is 4.33. The van der Waals surface area contributed by atoms with Crippen LogP contribution in [0.2, 0.25) is 0 Å². The average Bonchev–Trinajstić information content (AvgIpc) is 2.73. The molecule has 0 atom stereocenters. The number of ether oxygens (including phenoxy) is 2. The normalized spacial score (nSPS) is 10.8. The van der Waals surface area contributed by atoms with E-state index in [1.807, 2.05) is 56.3 Å². The Morgan fingerprint density at radius 3 is 2.45 bits per heavy atom. The molecule has 0 aromatic heterocycles. The quantitative estimate of drug-likeness (QED) is 0.522. The smallest absolute Gasteiger partial charge is 0.335 e. The number of rotatable bonds is 8. The first-order valence-corrected chi connectivity index (χ1v) is 9.38. The summed E-state index contributed by atoms with van der Waals surface area (Å²) in [6.45, 7) is 4.78. The Hall–Kier alpha value is -3.60. The molecule has 0 aliphatic carbocycles. The van der Waals surface area contributed by atoms with E-state index in [9.17, 15) is 4.79 Å². The van der Waals surface area contributed by atoms with Crippen molar-refractivity contribution < 1.29 is 19.4 Å². The van der Waals surface area contributed by atoms with Crippen molar-refractivity contribution in [3.8, 4) is 11.5 Å². The molecule has 0 heterocycles. The van der Waals surface area contributed by atoms with Crippen molar-refractivity contribution in [2.75, 3.05) is 6.61 Å². The molecule has 0 bridgehead atoms. The molecule has 0 spiro atoms. The van der Waals surface area contributed by atoms with Crippen molar-refractivity contribution in [2.24, 2.45) is 4.99 Å². The molecule has 5 heteroatoms. The second-order valence-electron chi connectivity index (χ2n) is 6.47. The number of hydrogen-bond acceptors (Lipinski definition) is 4. The van der Waals surface area contributed by atoms with Gasteiger partial charge in [0.15, 0.2) is 11.5 Å². The Labute approximate surface area is 170 Å². The lowest BCUT2D eigenvalue weighted by Crippen LogP contribution is -2.01. The van der Waals surface area contributed by atoms with Gasteiger partial charge < -0.3 is 14.6 Å². The summed E-state index contributed by atoms with van der Waals surface area (Å²) in [5, 5.41) is 8.98. The van der Waals surface area contributed by atoms with Crippen LogP contribution in [0.1, 0.15) is 34.0 Å². The van der Waals surface area contributed by atoms with Crippen LogP contribution in [-0.4, -0.2) is 23.9 Å². The zero-order valence-corrected chi connectivity index (χ0v) is 16.5. The summed E-state index contributed by atoms with van der Waals surface area (Å²) in [7, 11) is 0. The summed E-state index contributed by atoms with van der Waals surface area (Å²) in [5.74, 6) is 0.324. The second kappa shape index (κ2) is 9.55. The van der Waals surface area contributed by atoms with Crippen molar-refractivity contribution >= 4 is 17.9 Å². The number of aliphatic imine (C=N–C) groups is 1. The van der Waals surface area contributed by atoms with Gasteiger partial charge in [0, 0.05) is 6.21 Å². The van der Waals surface area contributed by atoms with Gasteiger partial charge in [-0.3, -0.25) is 4.99 Å². The molecule has 0 aliphatic rings. The highest BCUT2D eigenvalue weighted by Gasteiger charge is 2.08. The number of benzene rings is 3. The van der Waals surface area contributed by atoms with Crippen LogP contribution in [0.25, 0.3) is 0 Å². The molecule has 0 radical (unpaired) electrons. The van der Waals surface area contributed by atoms with Crippen LogP contribution in [0, 0.1) is 6.92 Å². The Morgan fingerprint density at radius 2 is 1.76 bits per heavy atom. The summed E-state index contributed by atoms with van der Waals surface area (Å²) in [6.07, 6.45) is 1.80. The number of para-hydroxylation sites is 1. The van der Waals surface area contributed by atoms with E-state index in [4.69, 9.17) is 14.6 Å². The molecular weight excluding hydrogens is 366 g/mol. The summed E-state index contributed by atoms with van der Waals surface area (Å²) < 4.78 is 11.6. The van der Waals surface area contributed by atoms with Crippen molar-refractivity contribution in [3.63, 3.8) is 0 Å². The van der Waals surface area contributed by atoms with Crippen LogP contribution in [0.3, 0.4) is 0 Å². The van der Waals surface area contributed by atoms with E-state index in [1.165, 1.54) is 0 Å². The van der Waals surface area contributed by atoms with Crippen molar-refractivity contribution in [2.45, 2.75) is 20.5 Å². The molecular formula is C24H23NO4. The maximum atomic E-state index is 10.9. The van der Waals surface area contributed by atoms with Gasteiger partial charge in [-0.05, 0) is 66.9 Å². The van der Waals surface area contributed by atoms with Crippen LogP contribution < -0.4 is 9.47 Å².